The number of unbranched alkanes of at least 4 members (excludes halogenated alkanes) is 1. The van der Waals surface area contributed by atoms with Gasteiger partial charge >= 0.3 is 0 Å². The minimum atomic E-state index is 0.200. The Kier molecular flexibility index (Phi) is 4.53. The topological polar surface area (TPSA) is 29.5 Å². The fourth-order valence-electron chi connectivity index (χ4n) is 2.08. The van der Waals surface area contributed by atoms with E-state index in [-0.39, 0.29) is 5.91 Å². The molecule has 0 aliphatic carbocycles. The van der Waals surface area contributed by atoms with E-state index in [1.165, 1.54) is 5.56 Å². The molecule has 1 aromatic rings. The first kappa shape index (κ1) is 13.3. The quantitative estimate of drug-likeness (QED) is 0.819. The number of carbonyl (C=O) groups is 1. The normalized spacial score (nSPS) is 15.2. The molecular formula is C14H19NO2S. The average Bonchev–Trinajstić information content (AvgIpc) is 2.82. The zero-order valence-corrected chi connectivity index (χ0v) is 11.8. The maximum absolute atomic E-state index is 11.9. The Hall–Kier alpha value is -1.16. The molecule has 4 heteroatoms. The van der Waals surface area contributed by atoms with Crippen molar-refractivity contribution < 1.29 is 9.53 Å². The van der Waals surface area contributed by atoms with Gasteiger partial charge in [-0.3, -0.25) is 4.79 Å². The summed E-state index contributed by atoms with van der Waals surface area (Å²) in [6.45, 7) is 2.18. The minimum Gasteiger partial charge on any atom is -0.497 e. The molecule has 0 unspecified atom stereocenters. The minimum absolute atomic E-state index is 0.200. The SMILES string of the molecule is CCCCc1ccc(OC)cc1N1CSCC1=O. The Morgan fingerprint density at radius 3 is 2.89 bits per heavy atom. The molecule has 0 spiro atoms. The third-order valence-electron chi connectivity index (χ3n) is 3.13. The number of aryl methyl sites for hydroxylation is 1. The van der Waals surface area contributed by atoms with E-state index < -0.39 is 0 Å². The number of amides is 1. The summed E-state index contributed by atoms with van der Waals surface area (Å²) >= 11 is 1.67. The van der Waals surface area contributed by atoms with E-state index in [1.54, 1.807) is 18.9 Å². The highest BCUT2D eigenvalue weighted by atomic mass is 32.2. The molecular weight excluding hydrogens is 246 g/mol. The van der Waals surface area contributed by atoms with Crippen molar-refractivity contribution in [3.63, 3.8) is 0 Å². The fourth-order valence-corrected chi connectivity index (χ4v) is 2.97. The lowest BCUT2D eigenvalue weighted by Gasteiger charge is -2.20. The van der Waals surface area contributed by atoms with Gasteiger partial charge in [-0.25, -0.2) is 0 Å². The van der Waals surface area contributed by atoms with Crippen LogP contribution in [-0.4, -0.2) is 24.6 Å². The molecule has 0 aromatic heterocycles. The van der Waals surface area contributed by atoms with Crippen molar-refractivity contribution in [1.29, 1.82) is 0 Å². The van der Waals surface area contributed by atoms with E-state index in [1.807, 2.05) is 17.0 Å². The average molecular weight is 265 g/mol. The molecule has 1 aliphatic heterocycles. The van der Waals surface area contributed by atoms with Crippen LogP contribution in [0.25, 0.3) is 0 Å². The Labute approximate surface area is 113 Å². The van der Waals surface area contributed by atoms with Crippen molar-refractivity contribution >= 4 is 23.4 Å². The smallest absolute Gasteiger partial charge is 0.237 e. The first-order chi connectivity index (χ1) is 8.76. The van der Waals surface area contributed by atoms with Gasteiger partial charge in [-0.05, 0) is 24.5 Å². The summed E-state index contributed by atoms with van der Waals surface area (Å²) in [4.78, 5) is 13.7. The van der Waals surface area contributed by atoms with Gasteiger partial charge < -0.3 is 9.64 Å². The fraction of sp³-hybridized carbons (Fsp3) is 0.500. The van der Waals surface area contributed by atoms with Crippen LogP contribution in [0.3, 0.4) is 0 Å². The maximum atomic E-state index is 11.9. The highest BCUT2D eigenvalue weighted by Gasteiger charge is 2.24. The monoisotopic (exact) mass is 265 g/mol. The van der Waals surface area contributed by atoms with Crippen LogP contribution in [-0.2, 0) is 11.2 Å². The van der Waals surface area contributed by atoms with Crippen LogP contribution in [0.1, 0.15) is 25.3 Å². The lowest BCUT2D eigenvalue weighted by molar-refractivity contribution is -0.115. The molecule has 98 valence electrons. The van der Waals surface area contributed by atoms with Crippen LogP contribution in [0.5, 0.6) is 5.75 Å². The van der Waals surface area contributed by atoms with Crippen molar-refractivity contribution in [2.24, 2.45) is 0 Å². The van der Waals surface area contributed by atoms with Gasteiger partial charge in [0.1, 0.15) is 5.75 Å². The molecule has 18 heavy (non-hydrogen) atoms. The summed E-state index contributed by atoms with van der Waals surface area (Å²) in [6.07, 6.45) is 3.33. The summed E-state index contributed by atoms with van der Waals surface area (Å²) in [7, 11) is 1.66. The van der Waals surface area contributed by atoms with E-state index >= 15 is 0 Å². The first-order valence-corrected chi connectivity index (χ1v) is 7.46. The number of benzene rings is 1. The van der Waals surface area contributed by atoms with E-state index in [0.717, 1.165) is 36.6 Å². The number of rotatable bonds is 5. The molecule has 0 N–H and O–H groups in total. The third-order valence-corrected chi connectivity index (χ3v) is 4.02. The number of hydrogen-bond acceptors (Lipinski definition) is 3. The Morgan fingerprint density at radius 2 is 2.28 bits per heavy atom. The molecule has 2 rings (SSSR count). The summed E-state index contributed by atoms with van der Waals surface area (Å²) in [6, 6.07) is 6.04. The molecule has 1 amide bonds. The summed E-state index contributed by atoms with van der Waals surface area (Å²) in [5.41, 5.74) is 2.27. The predicted molar refractivity (Wildman–Crippen MR) is 76.4 cm³/mol. The summed E-state index contributed by atoms with van der Waals surface area (Å²) in [5, 5.41) is 0. The van der Waals surface area contributed by atoms with E-state index in [9.17, 15) is 4.79 Å². The third kappa shape index (κ3) is 2.80. The number of methoxy groups -OCH3 is 1. The summed E-state index contributed by atoms with van der Waals surface area (Å²) < 4.78 is 5.26. The lowest BCUT2D eigenvalue weighted by atomic mass is 10.1. The first-order valence-electron chi connectivity index (χ1n) is 6.31. The molecule has 1 heterocycles. The standard InChI is InChI=1S/C14H19NO2S/c1-3-4-5-11-6-7-12(17-2)8-13(11)15-10-18-9-14(15)16/h6-8H,3-5,9-10H2,1-2H3. The lowest BCUT2D eigenvalue weighted by Crippen LogP contribution is -2.26. The number of thioether (sulfide) groups is 1. The summed E-state index contributed by atoms with van der Waals surface area (Å²) in [5.74, 6) is 2.36. The molecule has 3 nitrogen and oxygen atoms in total. The Bertz CT molecular complexity index is 434. The van der Waals surface area contributed by atoms with Crippen LogP contribution in [0, 0.1) is 0 Å². The highest BCUT2D eigenvalue weighted by Crippen LogP contribution is 2.31. The molecule has 0 radical (unpaired) electrons. The predicted octanol–water partition coefficient (Wildman–Crippen LogP) is 3.08. The van der Waals surface area contributed by atoms with Crippen molar-refractivity contribution in [2.45, 2.75) is 26.2 Å². The van der Waals surface area contributed by atoms with Gasteiger partial charge in [-0.1, -0.05) is 19.4 Å². The number of ether oxygens (including phenoxy) is 1. The van der Waals surface area contributed by atoms with Crippen LogP contribution in [0.2, 0.25) is 0 Å². The molecule has 1 fully saturated rings. The van der Waals surface area contributed by atoms with E-state index in [2.05, 4.69) is 13.0 Å². The second-order valence-corrected chi connectivity index (χ2v) is 5.35. The van der Waals surface area contributed by atoms with Crippen LogP contribution >= 0.6 is 11.8 Å². The highest BCUT2D eigenvalue weighted by molar-refractivity contribution is 8.00. The Balaban J connectivity index is 2.30. The van der Waals surface area contributed by atoms with Crippen LogP contribution < -0.4 is 9.64 Å². The van der Waals surface area contributed by atoms with Crippen molar-refractivity contribution in [1.82, 2.24) is 0 Å². The van der Waals surface area contributed by atoms with Crippen molar-refractivity contribution in [3.05, 3.63) is 23.8 Å². The van der Waals surface area contributed by atoms with Gasteiger partial charge in [0.2, 0.25) is 5.91 Å². The Morgan fingerprint density at radius 1 is 1.44 bits per heavy atom. The van der Waals surface area contributed by atoms with Crippen molar-refractivity contribution in [2.75, 3.05) is 23.6 Å². The molecule has 1 aliphatic rings. The second-order valence-electron chi connectivity index (χ2n) is 4.40. The van der Waals surface area contributed by atoms with Gasteiger partial charge in [-0.15, -0.1) is 11.8 Å². The zero-order chi connectivity index (χ0) is 13.0. The zero-order valence-electron chi connectivity index (χ0n) is 10.9. The van der Waals surface area contributed by atoms with Crippen LogP contribution in [0.4, 0.5) is 5.69 Å². The number of anilines is 1. The van der Waals surface area contributed by atoms with E-state index in [4.69, 9.17) is 4.74 Å². The van der Waals surface area contributed by atoms with Crippen molar-refractivity contribution in [3.8, 4) is 5.75 Å². The number of nitrogens with zero attached hydrogens (tertiary/aromatic N) is 1. The van der Waals surface area contributed by atoms with Gasteiger partial charge in [0.25, 0.3) is 0 Å². The molecule has 0 atom stereocenters. The van der Waals surface area contributed by atoms with Gasteiger partial charge in [-0.2, -0.15) is 0 Å². The molecule has 1 aromatic carbocycles. The molecule has 1 saturated heterocycles. The van der Waals surface area contributed by atoms with Gasteiger partial charge in [0.05, 0.1) is 24.4 Å². The van der Waals surface area contributed by atoms with E-state index in [0.29, 0.717) is 5.75 Å². The second kappa shape index (κ2) is 6.14. The largest absolute Gasteiger partial charge is 0.497 e. The molecule has 0 saturated carbocycles. The van der Waals surface area contributed by atoms with Crippen LogP contribution in [0.15, 0.2) is 18.2 Å². The maximum Gasteiger partial charge on any atom is 0.237 e. The number of carbonyl (C=O) groups excluding carboxylic acids is 1. The molecule has 0 bridgehead atoms. The van der Waals surface area contributed by atoms with Gasteiger partial charge in [0.15, 0.2) is 0 Å². The van der Waals surface area contributed by atoms with Gasteiger partial charge in [0, 0.05) is 6.07 Å². The number of hydrogen-bond donors (Lipinski definition) is 0.